The maximum atomic E-state index is 9.72. The third-order valence-electron chi connectivity index (χ3n) is 4.98. The molecule has 2 atom stereocenters. The number of nitrogens with one attached hydrogen (secondary N) is 1. The zero-order chi connectivity index (χ0) is 14.7. The highest BCUT2D eigenvalue weighted by Crippen LogP contribution is 2.41. The van der Waals surface area contributed by atoms with Crippen molar-refractivity contribution in [3.8, 4) is 6.07 Å². The minimum absolute atomic E-state index is 0.319. The first-order valence-electron chi connectivity index (χ1n) is 8.21. The predicted molar refractivity (Wildman–Crippen MR) is 85.0 cm³/mol. The van der Waals surface area contributed by atoms with E-state index in [1.54, 1.807) is 0 Å². The van der Waals surface area contributed by atoms with E-state index >= 15 is 0 Å². The van der Waals surface area contributed by atoms with Crippen LogP contribution in [0.1, 0.15) is 37.7 Å². The third kappa shape index (κ3) is 3.12. The second-order valence-electron chi connectivity index (χ2n) is 6.52. The van der Waals surface area contributed by atoms with Crippen LogP contribution in [0.15, 0.2) is 30.3 Å². The van der Waals surface area contributed by atoms with Crippen LogP contribution in [0.3, 0.4) is 0 Å². The van der Waals surface area contributed by atoms with Gasteiger partial charge >= 0.3 is 0 Å². The van der Waals surface area contributed by atoms with E-state index in [1.807, 2.05) is 0 Å². The fourth-order valence-corrected chi connectivity index (χ4v) is 3.71. The summed E-state index contributed by atoms with van der Waals surface area (Å²) in [7, 11) is 0. The maximum absolute atomic E-state index is 9.72. The summed E-state index contributed by atoms with van der Waals surface area (Å²) in [5.41, 5.74) is 1.12. The number of rotatable bonds is 6. The summed E-state index contributed by atoms with van der Waals surface area (Å²) in [6.45, 7) is 6.06. The van der Waals surface area contributed by atoms with Crippen LogP contribution < -0.4 is 5.32 Å². The van der Waals surface area contributed by atoms with Crippen molar-refractivity contribution < 1.29 is 0 Å². The van der Waals surface area contributed by atoms with Gasteiger partial charge in [-0.3, -0.25) is 10.2 Å². The van der Waals surface area contributed by atoms with Crippen LogP contribution in [0.2, 0.25) is 0 Å². The normalized spacial score (nSPS) is 25.4. The lowest BCUT2D eigenvalue weighted by Gasteiger charge is -2.32. The topological polar surface area (TPSA) is 39.1 Å². The number of benzene rings is 1. The molecular formula is C18H25N3. The van der Waals surface area contributed by atoms with Gasteiger partial charge in [0.2, 0.25) is 0 Å². The Hall–Kier alpha value is -1.37. The molecule has 3 rings (SSSR count). The van der Waals surface area contributed by atoms with E-state index in [-0.39, 0.29) is 5.54 Å². The van der Waals surface area contributed by atoms with Crippen molar-refractivity contribution in [2.45, 2.75) is 37.6 Å². The lowest BCUT2D eigenvalue weighted by Crippen LogP contribution is -2.54. The lowest BCUT2D eigenvalue weighted by atomic mass is 9.94. The fraction of sp³-hybridized carbons (Fsp3) is 0.611. The van der Waals surface area contributed by atoms with Crippen molar-refractivity contribution >= 4 is 0 Å². The molecule has 1 heterocycles. The molecule has 0 aromatic heterocycles. The summed E-state index contributed by atoms with van der Waals surface area (Å²) in [5, 5.41) is 13.2. The minimum Gasteiger partial charge on any atom is -0.300 e. The van der Waals surface area contributed by atoms with E-state index in [0.717, 1.165) is 26.2 Å². The third-order valence-corrected chi connectivity index (χ3v) is 4.98. The molecular weight excluding hydrogens is 258 g/mol. The largest absolute Gasteiger partial charge is 0.300 e. The number of likely N-dealkylation sites (N-methyl/N-ethyl adjacent to an activating group) is 1. The average molecular weight is 283 g/mol. The molecule has 1 N–H and O–H groups in total. The van der Waals surface area contributed by atoms with Gasteiger partial charge in [-0.15, -0.1) is 0 Å². The summed E-state index contributed by atoms with van der Waals surface area (Å²) in [4.78, 5) is 2.49. The molecule has 0 spiro atoms. The summed E-state index contributed by atoms with van der Waals surface area (Å²) in [6.07, 6.45) is 3.62. The van der Waals surface area contributed by atoms with Crippen LogP contribution >= 0.6 is 0 Å². The van der Waals surface area contributed by atoms with Gasteiger partial charge in [0, 0.05) is 13.1 Å². The van der Waals surface area contributed by atoms with Gasteiger partial charge in [0.1, 0.15) is 5.54 Å². The van der Waals surface area contributed by atoms with E-state index < -0.39 is 0 Å². The molecule has 1 aromatic rings. The molecule has 2 aliphatic rings. The Kier molecular flexibility index (Phi) is 4.28. The quantitative estimate of drug-likeness (QED) is 0.872. The average Bonchev–Trinajstić information content (AvgIpc) is 3.28. The molecule has 3 nitrogen and oxygen atoms in total. The van der Waals surface area contributed by atoms with E-state index in [9.17, 15) is 5.26 Å². The number of hydrogen-bond donors (Lipinski definition) is 1. The number of likely N-dealkylation sites (tertiary alicyclic amines) is 1. The van der Waals surface area contributed by atoms with E-state index in [4.69, 9.17) is 0 Å². The van der Waals surface area contributed by atoms with E-state index in [0.29, 0.717) is 11.8 Å². The first-order valence-corrected chi connectivity index (χ1v) is 8.21. The molecule has 1 aliphatic heterocycles. The standard InChI is InChI=1S/C18H25N3/c1-2-20-18(13-19,17-8-9-17)14-21-11-10-16(12-21)15-6-4-3-5-7-15/h3-7,16-17,20H,2,8-12,14H2,1H3. The zero-order valence-electron chi connectivity index (χ0n) is 12.9. The Bertz CT molecular complexity index is 503. The Labute approximate surface area is 128 Å². The molecule has 0 radical (unpaired) electrons. The Morgan fingerprint density at radius 1 is 1.29 bits per heavy atom. The maximum Gasteiger partial charge on any atom is 0.122 e. The van der Waals surface area contributed by atoms with Crippen LogP contribution in [0.4, 0.5) is 0 Å². The smallest absolute Gasteiger partial charge is 0.122 e. The van der Waals surface area contributed by atoms with E-state index in [1.165, 1.54) is 24.8 Å². The van der Waals surface area contributed by atoms with Crippen molar-refractivity contribution in [1.82, 2.24) is 10.2 Å². The van der Waals surface area contributed by atoms with Crippen molar-refractivity contribution in [3.05, 3.63) is 35.9 Å². The molecule has 1 saturated heterocycles. The molecule has 112 valence electrons. The summed E-state index contributed by atoms with van der Waals surface area (Å²) >= 11 is 0. The van der Waals surface area contributed by atoms with Crippen LogP contribution in [0, 0.1) is 17.2 Å². The summed E-state index contributed by atoms with van der Waals surface area (Å²) < 4.78 is 0. The molecule has 2 unspecified atom stereocenters. The molecule has 21 heavy (non-hydrogen) atoms. The Morgan fingerprint density at radius 3 is 2.67 bits per heavy atom. The van der Waals surface area contributed by atoms with Crippen LogP contribution in [0.25, 0.3) is 0 Å². The second-order valence-corrected chi connectivity index (χ2v) is 6.52. The molecule has 0 amide bonds. The molecule has 1 aliphatic carbocycles. The highest BCUT2D eigenvalue weighted by Gasteiger charge is 2.46. The lowest BCUT2D eigenvalue weighted by molar-refractivity contribution is 0.228. The van der Waals surface area contributed by atoms with Crippen molar-refractivity contribution in [1.29, 1.82) is 5.26 Å². The second kappa shape index (κ2) is 6.17. The first-order chi connectivity index (χ1) is 10.3. The summed E-state index contributed by atoms with van der Waals surface area (Å²) in [5.74, 6) is 1.18. The van der Waals surface area contributed by atoms with Gasteiger partial charge in [-0.1, -0.05) is 37.3 Å². The SMILES string of the molecule is CCNC(C#N)(CN1CCC(c2ccccc2)C1)C1CC1. The zero-order valence-corrected chi connectivity index (χ0v) is 12.9. The molecule has 0 bridgehead atoms. The molecule has 2 fully saturated rings. The summed E-state index contributed by atoms with van der Waals surface area (Å²) in [6, 6.07) is 13.4. The van der Waals surface area contributed by atoms with Crippen LogP contribution in [-0.4, -0.2) is 36.6 Å². The van der Waals surface area contributed by atoms with Crippen molar-refractivity contribution in [3.63, 3.8) is 0 Å². The Balaban J connectivity index is 1.65. The number of nitrogens with zero attached hydrogens (tertiary/aromatic N) is 2. The number of nitriles is 1. The number of hydrogen-bond acceptors (Lipinski definition) is 3. The van der Waals surface area contributed by atoms with Gasteiger partial charge in [-0.2, -0.15) is 5.26 Å². The van der Waals surface area contributed by atoms with Crippen LogP contribution in [0.5, 0.6) is 0 Å². The molecule has 1 saturated carbocycles. The van der Waals surface area contributed by atoms with Gasteiger partial charge < -0.3 is 0 Å². The van der Waals surface area contributed by atoms with Gasteiger partial charge in [0.05, 0.1) is 6.07 Å². The minimum atomic E-state index is -0.319. The first kappa shape index (κ1) is 14.6. The predicted octanol–water partition coefficient (Wildman–Crippen LogP) is 2.76. The van der Waals surface area contributed by atoms with Gasteiger partial charge in [-0.05, 0) is 49.8 Å². The van der Waals surface area contributed by atoms with Crippen molar-refractivity contribution in [2.24, 2.45) is 5.92 Å². The Morgan fingerprint density at radius 2 is 2.05 bits per heavy atom. The molecule has 1 aromatic carbocycles. The van der Waals surface area contributed by atoms with Gasteiger partial charge in [-0.25, -0.2) is 0 Å². The van der Waals surface area contributed by atoms with Crippen LogP contribution in [-0.2, 0) is 0 Å². The van der Waals surface area contributed by atoms with E-state index in [2.05, 4.69) is 53.5 Å². The molecule has 3 heteroatoms. The van der Waals surface area contributed by atoms with Gasteiger partial charge in [0.25, 0.3) is 0 Å². The van der Waals surface area contributed by atoms with Crippen molar-refractivity contribution in [2.75, 3.05) is 26.2 Å². The van der Waals surface area contributed by atoms with Gasteiger partial charge in [0.15, 0.2) is 0 Å². The highest BCUT2D eigenvalue weighted by molar-refractivity contribution is 5.22. The monoisotopic (exact) mass is 283 g/mol. The highest BCUT2D eigenvalue weighted by atomic mass is 15.2. The fourth-order valence-electron chi connectivity index (χ4n) is 3.71.